The molecule has 0 aromatic rings. The summed E-state index contributed by atoms with van der Waals surface area (Å²) in [6.07, 6.45) is 3.24. The number of likely N-dealkylation sites (N-methyl/N-ethyl adjacent to an activating group) is 1. The highest BCUT2D eigenvalue weighted by atomic mass is 16.5. The highest BCUT2D eigenvalue weighted by molar-refractivity contribution is 5.10. The van der Waals surface area contributed by atoms with Crippen LogP contribution in [0.3, 0.4) is 0 Å². The molecule has 0 aromatic carbocycles. The number of hydrogen-bond donors (Lipinski definition) is 0. The van der Waals surface area contributed by atoms with E-state index in [0.717, 1.165) is 12.0 Å². The lowest BCUT2D eigenvalue weighted by molar-refractivity contribution is -0.857. The second kappa shape index (κ2) is 3.04. The van der Waals surface area contributed by atoms with Crippen LogP contribution in [0.5, 0.6) is 0 Å². The number of quaternary nitrogens is 1. The molecule has 0 saturated heterocycles. The third-order valence-electron chi connectivity index (χ3n) is 1.88. The van der Waals surface area contributed by atoms with E-state index in [1.807, 2.05) is 6.08 Å². The van der Waals surface area contributed by atoms with Gasteiger partial charge in [-0.05, 0) is 5.57 Å². The SMILES string of the molecule is C[N+]1([O-])CCC=C(CC#N)C1. The molecule has 0 N–H and O–H groups in total. The van der Waals surface area contributed by atoms with E-state index in [1.54, 1.807) is 7.05 Å². The van der Waals surface area contributed by atoms with Gasteiger partial charge in [0.1, 0.15) is 6.54 Å². The van der Waals surface area contributed by atoms with Crippen molar-refractivity contribution in [2.45, 2.75) is 12.8 Å². The molecule has 1 atom stereocenters. The molecule has 3 nitrogen and oxygen atoms in total. The summed E-state index contributed by atoms with van der Waals surface area (Å²) in [4.78, 5) is 0. The smallest absolute Gasteiger partial charge is 0.101 e. The molecule has 0 spiro atoms. The van der Waals surface area contributed by atoms with E-state index >= 15 is 0 Å². The van der Waals surface area contributed by atoms with Gasteiger partial charge >= 0.3 is 0 Å². The van der Waals surface area contributed by atoms with Crippen molar-refractivity contribution in [3.8, 4) is 6.07 Å². The Morgan fingerprint density at radius 2 is 2.55 bits per heavy atom. The van der Waals surface area contributed by atoms with Gasteiger partial charge in [-0.25, -0.2) is 0 Å². The van der Waals surface area contributed by atoms with Crippen molar-refractivity contribution in [3.05, 3.63) is 16.9 Å². The van der Waals surface area contributed by atoms with Gasteiger partial charge in [0.05, 0.1) is 26.1 Å². The molecule has 3 heteroatoms. The lowest BCUT2D eigenvalue weighted by Gasteiger charge is -2.41. The molecular weight excluding hydrogens is 140 g/mol. The van der Waals surface area contributed by atoms with Gasteiger partial charge in [0.2, 0.25) is 0 Å². The first-order chi connectivity index (χ1) is 5.14. The maximum absolute atomic E-state index is 11.4. The van der Waals surface area contributed by atoms with E-state index in [1.165, 1.54) is 0 Å². The molecule has 1 unspecified atom stereocenters. The summed E-state index contributed by atoms with van der Waals surface area (Å²) in [6.45, 7) is 1.14. The van der Waals surface area contributed by atoms with Crippen molar-refractivity contribution in [2.24, 2.45) is 0 Å². The molecule has 0 saturated carbocycles. The Balaban J connectivity index is 2.57. The molecule has 0 bridgehead atoms. The number of nitriles is 1. The average molecular weight is 152 g/mol. The van der Waals surface area contributed by atoms with Crippen molar-refractivity contribution < 1.29 is 4.65 Å². The minimum Gasteiger partial charge on any atom is -0.633 e. The van der Waals surface area contributed by atoms with Crippen LogP contribution in [0, 0.1) is 16.5 Å². The molecule has 1 rings (SSSR count). The molecular formula is C8H12N2O. The molecule has 0 radical (unpaired) electrons. The third-order valence-corrected chi connectivity index (χ3v) is 1.88. The van der Waals surface area contributed by atoms with Crippen molar-refractivity contribution in [1.82, 2.24) is 0 Å². The van der Waals surface area contributed by atoms with E-state index in [9.17, 15) is 5.21 Å². The zero-order chi connectivity index (χ0) is 8.32. The lowest BCUT2D eigenvalue weighted by atomic mass is 10.1. The summed E-state index contributed by atoms with van der Waals surface area (Å²) in [5.41, 5.74) is 0.997. The van der Waals surface area contributed by atoms with Crippen molar-refractivity contribution in [1.29, 1.82) is 5.26 Å². The molecule has 0 aromatic heterocycles. The summed E-state index contributed by atoms with van der Waals surface area (Å²) in [6, 6.07) is 2.06. The standard InChI is InChI=1S/C8H12N2O/c1-10(11)6-2-3-8(7-10)4-5-9/h3H,2,4,6-7H2,1H3. The lowest BCUT2D eigenvalue weighted by Crippen LogP contribution is -2.42. The van der Waals surface area contributed by atoms with Gasteiger partial charge in [-0.2, -0.15) is 5.26 Å². The Morgan fingerprint density at radius 3 is 3.09 bits per heavy atom. The molecule has 0 amide bonds. The average Bonchev–Trinajstić information content (AvgIpc) is 1.85. The molecule has 1 aliphatic heterocycles. The van der Waals surface area contributed by atoms with E-state index in [4.69, 9.17) is 5.26 Å². The Morgan fingerprint density at radius 1 is 1.82 bits per heavy atom. The maximum atomic E-state index is 11.4. The quantitative estimate of drug-likeness (QED) is 0.322. The predicted molar refractivity (Wildman–Crippen MR) is 42.2 cm³/mol. The fourth-order valence-electron chi connectivity index (χ4n) is 1.34. The van der Waals surface area contributed by atoms with Crippen LogP contribution in [0.15, 0.2) is 11.6 Å². The van der Waals surface area contributed by atoms with Crippen LogP contribution < -0.4 is 0 Å². The number of nitrogens with zero attached hydrogens (tertiary/aromatic N) is 2. The third kappa shape index (κ3) is 2.34. The van der Waals surface area contributed by atoms with Crippen molar-refractivity contribution in [2.75, 3.05) is 20.1 Å². The highest BCUT2D eigenvalue weighted by Gasteiger charge is 2.16. The minimum atomic E-state index is -0.215. The van der Waals surface area contributed by atoms with E-state index < -0.39 is 0 Å². The molecule has 60 valence electrons. The summed E-state index contributed by atoms with van der Waals surface area (Å²) in [7, 11) is 1.66. The van der Waals surface area contributed by atoms with Crippen LogP contribution in [-0.4, -0.2) is 24.8 Å². The second-order valence-electron chi connectivity index (χ2n) is 3.16. The van der Waals surface area contributed by atoms with Gasteiger partial charge in [0, 0.05) is 6.42 Å². The summed E-state index contributed by atoms with van der Waals surface area (Å²) in [5, 5.41) is 19.8. The summed E-state index contributed by atoms with van der Waals surface area (Å²) in [5.74, 6) is 0. The largest absolute Gasteiger partial charge is 0.633 e. The molecule has 1 heterocycles. The number of hydrogen-bond acceptors (Lipinski definition) is 2. The molecule has 0 fully saturated rings. The molecule has 11 heavy (non-hydrogen) atoms. The fourth-order valence-corrected chi connectivity index (χ4v) is 1.34. The molecule has 0 aliphatic carbocycles. The van der Waals surface area contributed by atoms with Gasteiger partial charge in [0.15, 0.2) is 0 Å². The monoisotopic (exact) mass is 152 g/mol. The normalized spacial score (nSPS) is 30.8. The highest BCUT2D eigenvalue weighted by Crippen LogP contribution is 2.16. The van der Waals surface area contributed by atoms with Crippen molar-refractivity contribution >= 4 is 0 Å². The number of hydroxylamine groups is 3. The Labute approximate surface area is 66.7 Å². The topological polar surface area (TPSA) is 46.8 Å². The van der Waals surface area contributed by atoms with Crippen molar-refractivity contribution in [3.63, 3.8) is 0 Å². The summed E-state index contributed by atoms with van der Waals surface area (Å²) >= 11 is 0. The number of rotatable bonds is 1. The van der Waals surface area contributed by atoms with Gasteiger partial charge in [0.25, 0.3) is 0 Å². The van der Waals surface area contributed by atoms with Crippen LogP contribution >= 0.6 is 0 Å². The fraction of sp³-hybridized carbons (Fsp3) is 0.625. The van der Waals surface area contributed by atoms with Crippen LogP contribution in [0.4, 0.5) is 0 Å². The first-order valence-corrected chi connectivity index (χ1v) is 3.74. The maximum Gasteiger partial charge on any atom is 0.101 e. The Kier molecular flexibility index (Phi) is 2.28. The van der Waals surface area contributed by atoms with Crippen LogP contribution in [0.1, 0.15) is 12.8 Å². The zero-order valence-electron chi connectivity index (χ0n) is 6.71. The van der Waals surface area contributed by atoms with Gasteiger partial charge in [-0.3, -0.25) is 0 Å². The van der Waals surface area contributed by atoms with Gasteiger partial charge in [-0.15, -0.1) is 0 Å². The van der Waals surface area contributed by atoms with Crippen LogP contribution in [0.2, 0.25) is 0 Å². The van der Waals surface area contributed by atoms with E-state index in [0.29, 0.717) is 19.5 Å². The van der Waals surface area contributed by atoms with Crippen LogP contribution in [0.25, 0.3) is 0 Å². The summed E-state index contributed by atoms with van der Waals surface area (Å²) < 4.78 is -0.215. The first kappa shape index (κ1) is 8.25. The molecule has 1 aliphatic rings. The Bertz CT molecular complexity index is 213. The Hall–Kier alpha value is -0.850. The predicted octanol–water partition coefficient (Wildman–Crippen LogP) is 1.17. The van der Waals surface area contributed by atoms with E-state index in [-0.39, 0.29) is 4.65 Å². The van der Waals surface area contributed by atoms with E-state index in [2.05, 4.69) is 6.07 Å². The van der Waals surface area contributed by atoms with Gasteiger partial charge in [-0.1, -0.05) is 6.08 Å². The minimum absolute atomic E-state index is 0.215. The zero-order valence-corrected chi connectivity index (χ0v) is 6.71. The van der Waals surface area contributed by atoms with Gasteiger partial charge < -0.3 is 9.85 Å². The second-order valence-corrected chi connectivity index (χ2v) is 3.16. The van der Waals surface area contributed by atoms with Crippen LogP contribution in [-0.2, 0) is 0 Å². The first-order valence-electron chi connectivity index (χ1n) is 3.74.